The van der Waals surface area contributed by atoms with Gasteiger partial charge in [-0.3, -0.25) is 9.63 Å². The molecule has 0 unspecified atom stereocenters. The molecule has 0 amide bonds. The standard InChI is InChI=1S/C23H21NO3/c1-26-23(25)20-21(17-11-5-2-6-12-17)24(19-15-9-4-10-16-19)27-22(20)18-13-7-3-8-14-18/h2-16,20-22H,1H3/t20-,21-,22+/m0/s1. The summed E-state index contributed by atoms with van der Waals surface area (Å²) in [6.07, 6.45) is -0.427. The van der Waals surface area contributed by atoms with E-state index in [0.29, 0.717) is 0 Å². The molecule has 1 aliphatic rings. The Morgan fingerprint density at radius 1 is 0.815 bits per heavy atom. The van der Waals surface area contributed by atoms with Crippen LogP contribution in [0.3, 0.4) is 0 Å². The lowest BCUT2D eigenvalue weighted by Gasteiger charge is -2.26. The molecule has 3 aromatic rings. The minimum absolute atomic E-state index is 0.281. The van der Waals surface area contributed by atoms with Gasteiger partial charge in [-0.15, -0.1) is 0 Å². The largest absolute Gasteiger partial charge is 0.469 e. The Hall–Kier alpha value is -3.11. The summed E-state index contributed by atoms with van der Waals surface area (Å²) in [5.41, 5.74) is 2.86. The van der Waals surface area contributed by atoms with Crippen molar-refractivity contribution in [2.24, 2.45) is 5.92 Å². The number of rotatable bonds is 4. The number of nitrogens with zero attached hydrogens (tertiary/aromatic N) is 1. The Morgan fingerprint density at radius 3 is 1.89 bits per heavy atom. The Kier molecular flexibility index (Phi) is 4.90. The summed E-state index contributed by atoms with van der Waals surface area (Å²) in [7, 11) is 1.43. The van der Waals surface area contributed by atoms with Crippen LogP contribution >= 0.6 is 0 Å². The molecule has 0 aromatic heterocycles. The molecule has 1 aliphatic heterocycles. The molecule has 0 radical (unpaired) electrons. The molecule has 3 atom stereocenters. The summed E-state index contributed by atoms with van der Waals surface area (Å²) < 4.78 is 5.18. The number of ether oxygens (including phenoxy) is 1. The second kappa shape index (κ2) is 7.64. The van der Waals surface area contributed by atoms with Gasteiger partial charge in [0.1, 0.15) is 12.0 Å². The Balaban J connectivity index is 1.84. The van der Waals surface area contributed by atoms with Crippen molar-refractivity contribution in [3.63, 3.8) is 0 Å². The van der Waals surface area contributed by atoms with Crippen LogP contribution in [0.2, 0.25) is 0 Å². The maximum absolute atomic E-state index is 12.8. The van der Waals surface area contributed by atoms with E-state index in [2.05, 4.69) is 0 Å². The molecule has 0 aliphatic carbocycles. The van der Waals surface area contributed by atoms with Crippen molar-refractivity contribution in [2.75, 3.05) is 12.2 Å². The summed E-state index contributed by atoms with van der Waals surface area (Å²) in [6, 6.07) is 29.4. The third kappa shape index (κ3) is 3.32. The molecule has 4 rings (SSSR count). The van der Waals surface area contributed by atoms with E-state index >= 15 is 0 Å². The van der Waals surface area contributed by atoms with Crippen LogP contribution in [-0.4, -0.2) is 13.1 Å². The molecule has 4 heteroatoms. The average molecular weight is 359 g/mol. The highest BCUT2D eigenvalue weighted by Crippen LogP contribution is 2.49. The van der Waals surface area contributed by atoms with Crippen molar-refractivity contribution in [2.45, 2.75) is 12.1 Å². The van der Waals surface area contributed by atoms with Crippen molar-refractivity contribution in [3.05, 3.63) is 102 Å². The highest BCUT2D eigenvalue weighted by Gasteiger charge is 2.49. The number of para-hydroxylation sites is 1. The predicted molar refractivity (Wildman–Crippen MR) is 104 cm³/mol. The predicted octanol–water partition coefficient (Wildman–Crippen LogP) is 4.71. The molecule has 3 aromatic carbocycles. The van der Waals surface area contributed by atoms with Crippen LogP contribution in [-0.2, 0) is 14.4 Å². The molecule has 4 nitrogen and oxygen atoms in total. The number of methoxy groups -OCH3 is 1. The molecule has 1 saturated heterocycles. The molecule has 136 valence electrons. The van der Waals surface area contributed by atoms with Crippen LogP contribution in [0, 0.1) is 5.92 Å². The molecule has 0 spiro atoms. The summed E-state index contributed by atoms with van der Waals surface area (Å²) in [5.74, 6) is -0.767. The minimum atomic E-state index is -0.486. The van der Waals surface area contributed by atoms with Gasteiger partial charge in [0.2, 0.25) is 0 Å². The van der Waals surface area contributed by atoms with E-state index < -0.39 is 12.0 Å². The number of hydroxylamine groups is 1. The van der Waals surface area contributed by atoms with E-state index in [4.69, 9.17) is 9.57 Å². The zero-order valence-electron chi connectivity index (χ0n) is 15.1. The van der Waals surface area contributed by atoms with E-state index in [0.717, 1.165) is 16.8 Å². The lowest BCUT2D eigenvalue weighted by Crippen LogP contribution is -2.29. The minimum Gasteiger partial charge on any atom is -0.469 e. The quantitative estimate of drug-likeness (QED) is 0.633. The summed E-state index contributed by atoms with van der Waals surface area (Å²) in [5, 5.41) is 1.84. The molecule has 27 heavy (non-hydrogen) atoms. The van der Waals surface area contributed by atoms with Crippen molar-refractivity contribution in [3.8, 4) is 0 Å². The normalized spacial score (nSPS) is 21.8. The Morgan fingerprint density at radius 2 is 1.33 bits per heavy atom. The molecule has 1 heterocycles. The third-order valence-corrected chi connectivity index (χ3v) is 4.90. The van der Waals surface area contributed by atoms with Gasteiger partial charge in [-0.1, -0.05) is 78.9 Å². The molecule has 1 fully saturated rings. The second-order valence-corrected chi connectivity index (χ2v) is 6.50. The van der Waals surface area contributed by atoms with Gasteiger partial charge in [0.05, 0.1) is 18.8 Å². The van der Waals surface area contributed by atoms with E-state index in [-0.39, 0.29) is 12.0 Å². The smallest absolute Gasteiger partial charge is 0.314 e. The topological polar surface area (TPSA) is 38.8 Å². The van der Waals surface area contributed by atoms with Crippen LogP contribution in [0.25, 0.3) is 0 Å². The molecule has 0 bridgehead atoms. The van der Waals surface area contributed by atoms with Crippen LogP contribution < -0.4 is 5.06 Å². The van der Waals surface area contributed by atoms with Crippen LogP contribution in [0.5, 0.6) is 0 Å². The Labute approximate surface area is 158 Å². The van der Waals surface area contributed by atoms with Crippen molar-refractivity contribution in [1.82, 2.24) is 0 Å². The van der Waals surface area contributed by atoms with Crippen LogP contribution in [0.4, 0.5) is 5.69 Å². The summed E-state index contributed by atoms with van der Waals surface area (Å²) >= 11 is 0. The first-order valence-corrected chi connectivity index (χ1v) is 8.98. The van der Waals surface area contributed by atoms with Gasteiger partial charge >= 0.3 is 5.97 Å². The lowest BCUT2D eigenvalue weighted by atomic mass is 9.86. The first-order valence-electron chi connectivity index (χ1n) is 8.98. The monoisotopic (exact) mass is 359 g/mol. The van der Waals surface area contributed by atoms with E-state index in [9.17, 15) is 4.79 Å². The number of hydrogen-bond donors (Lipinski definition) is 0. The fourth-order valence-corrected chi connectivity index (χ4v) is 3.65. The highest BCUT2D eigenvalue weighted by atomic mass is 16.7. The highest BCUT2D eigenvalue weighted by molar-refractivity contribution is 5.76. The van der Waals surface area contributed by atoms with Crippen LogP contribution in [0.1, 0.15) is 23.3 Å². The fraction of sp³-hybridized carbons (Fsp3) is 0.174. The van der Waals surface area contributed by atoms with E-state index in [1.165, 1.54) is 7.11 Å². The van der Waals surface area contributed by atoms with Crippen LogP contribution in [0.15, 0.2) is 91.0 Å². The van der Waals surface area contributed by atoms with Gasteiger partial charge in [-0.05, 0) is 23.3 Å². The molecular formula is C23H21NO3. The van der Waals surface area contributed by atoms with Crippen molar-refractivity contribution in [1.29, 1.82) is 0 Å². The summed E-state index contributed by atoms with van der Waals surface area (Å²) in [6.45, 7) is 0. The maximum atomic E-state index is 12.8. The second-order valence-electron chi connectivity index (χ2n) is 6.50. The van der Waals surface area contributed by atoms with Gasteiger partial charge in [0.25, 0.3) is 0 Å². The SMILES string of the molecule is COC(=O)[C@@H]1[C@@H](c2ccccc2)ON(c2ccccc2)[C@H]1c1ccccc1. The maximum Gasteiger partial charge on any atom is 0.314 e. The van der Waals surface area contributed by atoms with E-state index in [1.807, 2.05) is 96.1 Å². The number of hydrogen-bond acceptors (Lipinski definition) is 4. The number of esters is 1. The van der Waals surface area contributed by atoms with Gasteiger partial charge in [-0.2, -0.15) is 0 Å². The molecule has 0 N–H and O–H groups in total. The average Bonchev–Trinajstić information content (AvgIpc) is 3.16. The van der Waals surface area contributed by atoms with E-state index in [1.54, 1.807) is 0 Å². The fourth-order valence-electron chi connectivity index (χ4n) is 3.65. The first kappa shape index (κ1) is 17.3. The lowest BCUT2D eigenvalue weighted by molar-refractivity contribution is -0.147. The van der Waals surface area contributed by atoms with Gasteiger partial charge in [0.15, 0.2) is 0 Å². The molecular weight excluding hydrogens is 338 g/mol. The van der Waals surface area contributed by atoms with Gasteiger partial charge in [-0.25, -0.2) is 5.06 Å². The molecule has 0 saturated carbocycles. The number of anilines is 1. The number of carbonyl (C=O) groups excluding carboxylic acids is 1. The summed E-state index contributed by atoms with van der Waals surface area (Å²) in [4.78, 5) is 19.2. The Bertz CT molecular complexity index is 883. The zero-order chi connectivity index (χ0) is 18.6. The third-order valence-electron chi connectivity index (χ3n) is 4.90. The zero-order valence-corrected chi connectivity index (χ0v) is 15.1. The first-order chi connectivity index (χ1) is 13.3. The van der Waals surface area contributed by atoms with Gasteiger partial charge < -0.3 is 4.74 Å². The van der Waals surface area contributed by atoms with Crippen molar-refractivity contribution < 1.29 is 14.4 Å². The van der Waals surface area contributed by atoms with Crippen molar-refractivity contribution >= 4 is 11.7 Å². The van der Waals surface area contributed by atoms with Gasteiger partial charge in [0, 0.05) is 0 Å². The number of benzene rings is 3. The number of carbonyl (C=O) groups is 1.